The lowest BCUT2D eigenvalue weighted by molar-refractivity contribution is 0.527. The van der Waals surface area contributed by atoms with Gasteiger partial charge in [0.15, 0.2) is 0 Å². The molecule has 1 unspecified atom stereocenters. The monoisotopic (exact) mass is 337 g/mol. The number of halogens is 1. The molecule has 1 N–H and O–H groups in total. The highest BCUT2D eigenvalue weighted by molar-refractivity contribution is 9.10. The minimum atomic E-state index is 0.523. The zero-order chi connectivity index (χ0) is 13.7. The summed E-state index contributed by atoms with van der Waals surface area (Å²) in [6.07, 6.45) is 1.08. The van der Waals surface area contributed by atoms with Gasteiger partial charge in [0.05, 0.1) is 0 Å². The molecule has 0 saturated heterocycles. The van der Waals surface area contributed by atoms with E-state index in [2.05, 4.69) is 76.2 Å². The maximum atomic E-state index is 3.64. The summed E-state index contributed by atoms with van der Waals surface area (Å²) < 4.78 is 1.24. The molecule has 1 atom stereocenters. The standard InChI is InChI=1S/C16H20BrNS/c1-12(2)18-9-14(13-6-4-3-5-7-13)8-15-10-19-11-16(15)17/h3-7,10-12,14,18H,8-9H2,1-2H3. The zero-order valence-electron chi connectivity index (χ0n) is 11.4. The first kappa shape index (κ1) is 14.8. The first-order chi connectivity index (χ1) is 9.16. The molecule has 102 valence electrons. The molecule has 3 heteroatoms. The van der Waals surface area contributed by atoms with Gasteiger partial charge in [-0.2, -0.15) is 11.3 Å². The van der Waals surface area contributed by atoms with Crippen molar-refractivity contribution < 1.29 is 0 Å². The van der Waals surface area contributed by atoms with Gasteiger partial charge in [0.25, 0.3) is 0 Å². The van der Waals surface area contributed by atoms with Crippen molar-refractivity contribution >= 4 is 27.3 Å². The van der Waals surface area contributed by atoms with E-state index in [1.54, 1.807) is 11.3 Å². The van der Waals surface area contributed by atoms with Crippen LogP contribution in [0.25, 0.3) is 0 Å². The highest BCUT2D eigenvalue weighted by Crippen LogP contribution is 2.28. The Hall–Kier alpha value is -0.640. The lowest BCUT2D eigenvalue weighted by Gasteiger charge is -2.19. The predicted octanol–water partition coefficient (Wildman–Crippen LogP) is 4.83. The minimum Gasteiger partial charge on any atom is -0.314 e. The Balaban J connectivity index is 2.12. The Morgan fingerprint density at radius 2 is 1.89 bits per heavy atom. The topological polar surface area (TPSA) is 12.0 Å². The van der Waals surface area contributed by atoms with Gasteiger partial charge in [-0.05, 0) is 38.9 Å². The number of rotatable bonds is 6. The van der Waals surface area contributed by atoms with Crippen molar-refractivity contribution in [3.63, 3.8) is 0 Å². The Morgan fingerprint density at radius 1 is 1.16 bits per heavy atom. The van der Waals surface area contributed by atoms with Crippen molar-refractivity contribution in [2.75, 3.05) is 6.54 Å². The van der Waals surface area contributed by atoms with Crippen LogP contribution >= 0.6 is 27.3 Å². The molecule has 1 aromatic carbocycles. The summed E-state index contributed by atoms with van der Waals surface area (Å²) in [6, 6.07) is 11.3. The SMILES string of the molecule is CC(C)NCC(Cc1cscc1Br)c1ccccc1. The minimum absolute atomic E-state index is 0.523. The quantitative estimate of drug-likeness (QED) is 0.795. The summed E-state index contributed by atoms with van der Waals surface area (Å²) in [5.74, 6) is 0.523. The van der Waals surface area contributed by atoms with E-state index in [4.69, 9.17) is 0 Å². The van der Waals surface area contributed by atoms with Crippen LogP contribution in [0.1, 0.15) is 30.9 Å². The van der Waals surface area contributed by atoms with Gasteiger partial charge in [-0.15, -0.1) is 0 Å². The molecule has 2 rings (SSSR count). The largest absolute Gasteiger partial charge is 0.314 e. The fraction of sp³-hybridized carbons (Fsp3) is 0.375. The molecule has 1 heterocycles. The summed E-state index contributed by atoms with van der Waals surface area (Å²) in [7, 11) is 0. The molecular formula is C16H20BrNS. The van der Waals surface area contributed by atoms with E-state index in [-0.39, 0.29) is 0 Å². The summed E-state index contributed by atoms with van der Waals surface area (Å²) in [4.78, 5) is 0. The van der Waals surface area contributed by atoms with Crippen LogP contribution in [-0.2, 0) is 6.42 Å². The van der Waals surface area contributed by atoms with E-state index in [1.807, 2.05) is 0 Å². The summed E-state index contributed by atoms with van der Waals surface area (Å²) in [5, 5.41) is 7.97. The maximum Gasteiger partial charge on any atom is 0.0314 e. The number of hydrogen-bond acceptors (Lipinski definition) is 2. The van der Waals surface area contributed by atoms with E-state index in [9.17, 15) is 0 Å². The molecule has 0 aliphatic rings. The van der Waals surface area contributed by atoms with Gasteiger partial charge in [-0.1, -0.05) is 44.2 Å². The third kappa shape index (κ3) is 4.44. The molecule has 2 aromatic rings. The number of hydrogen-bond donors (Lipinski definition) is 1. The molecule has 0 aliphatic heterocycles. The molecule has 0 amide bonds. The molecule has 1 aromatic heterocycles. The van der Waals surface area contributed by atoms with Crippen LogP contribution in [0.4, 0.5) is 0 Å². The van der Waals surface area contributed by atoms with Gasteiger partial charge in [-0.25, -0.2) is 0 Å². The van der Waals surface area contributed by atoms with Crippen molar-refractivity contribution in [3.8, 4) is 0 Å². The van der Waals surface area contributed by atoms with Crippen LogP contribution in [-0.4, -0.2) is 12.6 Å². The Kier molecular flexibility index (Phi) is 5.61. The van der Waals surface area contributed by atoms with E-state index in [0.29, 0.717) is 12.0 Å². The molecule has 0 bridgehead atoms. The van der Waals surface area contributed by atoms with E-state index in [0.717, 1.165) is 13.0 Å². The highest BCUT2D eigenvalue weighted by Gasteiger charge is 2.14. The van der Waals surface area contributed by atoms with Gasteiger partial charge >= 0.3 is 0 Å². The second-order valence-electron chi connectivity index (χ2n) is 5.12. The average Bonchev–Trinajstić information content (AvgIpc) is 2.81. The van der Waals surface area contributed by atoms with Crippen LogP contribution in [0.5, 0.6) is 0 Å². The summed E-state index contributed by atoms with van der Waals surface area (Å²) in [5.41, 5.74) is 2.82. The van der Waals surface area contributed by atoms with Crippen molar-refractivity contribution in [1.29, 1.82) is 0 Å². The lowest BCUT2D eigenvalue weighted by Crippen LogP contribution is -2.28. The predicted molar refractivity (Wildman–Crippen MR) is 88.0 cm³/mol. The first-order valence-electron chi connectivity index (χ1n) is 6.65. The molecule has 0 saturated carbocycles. The van der Waals surface area contributed by atoms with Crippen molar-refractivity contribution in [1.82, 2.24) is 5.32 Å². The maximum absolute atomic E-state index is 3.64. The van der Waals surface area contributed by atoms with Gasteiger partial charge in [0.1, 0.15) is 0 Å². The smallest absolute Gasteiger partial charge is 0.0314 e. The van der Waals surface area contributed by atoms with Crippen LogP contribution < -0.4 is 5.32 Å². The second kappa shape index (κ2) is 7.22. The molecule has 0 fully saturated rings. The Bertz CT molecular complexity index is 492. The van der Waals surface area contributed by atoms with E-state index in [1.165, 1.54) is 15.6 Å². The van der Waals surface area contributed by atoms with Gasteiger partial charge in [-0.3, -0.25) is 0 Å². The summed E-state index contributed by atoms with van der Waals surface area (Å²) in [6.45, 7) is 5.41. The van der Waals surface area contributed by atoms with Gasteiger partial charge < -0.3 is 5.32 Å². The number of benzene rings is 1. The molecule has 0 spiro atoms. The van der Waals surface area contributed by atoms with Crippen LogP contribution in [0, 0.1) is 0 Å². The number of nitrogens with one attached hydrogen (secondary N) is 1. The second-order valence-corrected chi connectivity index (χ2v) is 6.72. The van der Waals surface area contributed by atoms with E-state index >= 15 is 0 Å². The highest BCUT2D eigenvalue weighted by atomic mass is 79.9. The van der Waals surface area contributed by atoms with Crippen molar-refractivity contribution in [2.24, 2.45) is 0 Å². The first-order valence-corrected chi connectivity index (χ1v) is 8.39. The van der Waals surface area contributed by atoms with Gasteiger partial charge in [0, 0.05) is 28.4 Å². The van der Waals surface area contributed by atoms with Crippen molar-refractivity contribution in [3.05, 3.63) is 56.7 Å². The summed E-state index contributed by atoms with van der Waals surface area (Å²) >= 11 is 5.40. The average molecular weight is 338 g/mol. The Labute approximate surface area is 128 Å². The normalized spacial score (nSPS) is 12.8. The lowest BCUT2D eigenvalue weighted by atomic mass is 9.93. The van der Waals surface area contributed by atoms with E-state index < -0.39 is 0 Å². The van der Waals surface area contributed by atoms with Crippen LogP contribution in [0.2, 0.25) is 0 Å². The van der Waals surface area contributed by atoms with Crippen molar-refractivity contribution in [2.45, 2.75) is 32.2 Å². The fourth-order valence-corrected chi connectivity index (χ4v) is 3.61. The molecular weight excluding hydrogens is 318 g/mol. The van der Waals surface area contributed by atoms with Crippen LogP contribution in [0.15, 0.2) is 45.6 Å². The van der Waals surface area contributed by atoms with Crippen LogP contribution in [0.3, 0.4) is 0 Å². The Morgan fingerprint density at radius 3 is 2.47 bits per heavy atom. The third-order valence-corrected chi connectivity index (χ3v) is 5.03. The third-order valence-electron chi connectivity index (χ3n) is 3.20. The number of thiophene rings is 1. The molecule has 0 aliphatic carbocycles. The van der Waals surface area contributed by atoms with Gasteiger partial charge in [0.2, 0.25) is 0 Å². The fourth-order valence-electron chi connectivity index (χ4n) is 2.13. The molecule has 19 heavy (non-hydrogen) atoms. The molecule has 1 nitrogen and oxygen atoms in total. The zero-order valence-corrected chi connectivity index (χ0v) is 13.8. The molecule has 0 radical (unpaired) electrons.